The Morgan fingerprint density at radius 1 is 1.00 bits per heavy atom. The summed E-state index contributed by atoms with van der Waals surface area (Å²) in [6.45, 7) is 0. The summed E-state index contributed by atoms with van der Waals surface area (Å²) < 4.78 is 1.01. The largest absolute Gasteiger partial charge is 0.369 e. The van der Waals surface area contributed by atoms with E-state index in [0.29, 0.717) is 6.42 Å². The first-order valence-corrected chi connectivity index (χ1v) is 7.30. The predicted octanol–water partition coefficient (Wildman–Crippen LogP) is 4.29. The summed E-state index contributed by atoms with van der Waals surface area (Å²) in [6.07, 6.45) is 4.26. The van der Waals surface area contributed by atoms with Gasteiger partial charge < -0.3 is 5.32 Å². The van der Waals surface area contributed by atoms with Gasteiger partial charge in [0, 0.05) is 16.6 Å². The van der Waals surface area contributed by atoms with Crippen molar-refractivity contribution in [1.82, 2.24) is 0 Å². The van der Waals surface area contributed by atoms with Crippen LogP contribution in [0.2, 0.25) is 0 Å². The first-order valence-electron chi connectivity index (χ1n) is 6.51. The van der Waals surface area contributed by atoms with Crippen LogP contribution in [0.4, 0.5) is 5.69 Å². The van der Waals surface area contributed by atoms with Gasteiger partial charge in [-0.2, -0.15) is 0 Å². The summed E-state index contributed by atoms with van der Waals surface area (Å²) in [7, 11) is 0. The van der Waals surface area contributed by atoms with E-state index < -0.39 is 5.54 Å². The maximum Gasteiger partial charge on any atom is 0.185 e. The lowest BCUT2D eigenvalue weighted by Gasteiger charge is -2.30. The topological polar surface area (TPSA) is 29.1 Å². The molecule has 20 heavy (non-hydrogen) atoms. The van der Waals surface area contributed by atoms with Gasteiger partial charge in [0.05, 0.1) is 0 Å². The third-order valence-corrected chi connectivity index (χ3v) is 4.11. The monoisotopic (exact) mass is 327 g/mol. The molecule has 1 unspecified atom stereocenters. The Balaban J connectivity index is 2.02. The van der Waals surface area contributed by atoms with Crippen LogP contribution >= 0.6 is 15.9 Å². The third kappa shape index (κ3) is 2.29. The maximum absolute atomic E-state index is 12.4. The molecule has 0 fully saturated rings. The number of nitrogens with one attached hydrogen (secondary N) is 1. The van der Waals surface area contributed by atoms with Gasteiger partial charge in [-0.05, 0) is 35.9 Å². The van der Waals surface area contributed by atoms with E-state index in [-0.39, 0.29) is 5.78 Å². The molecule has 0 heterocycles. The minimum atomic E-state index is -0.679. The molecule has 1 aliphatic carbocycles. The zero-order valence-electron chi connectivity index (χ0n) is 10.8. The van der Waals surface area contributed by atoms with Gasteiger partial charge in [0.25, 0.3) is 0 Å². The van der Waals surface area contributed by atoms with Gasteiger partial charge in [-0.15, -0.1) is 0 Å². The fourth-order valence-corrected chi connectivity index (χ4v) is 2.80. The molecular formula is C17H14BrNO. The molecule has 0 amide bonds. The second-order valence-electron chi connectivity index (χ2n) is 4.87. The van der Waals surface area contributed by atoms with E-state index in [2.05, 4.69) is 21.2 Å². The number of ketones is 1. The minimum absolute atomic E-state index is 0.101. The SMILES string of the molecule is O=C1C=CCC1(Nc1ccccc1)c1ccc(Br)cc1. The molecule has 0 aliphatic heterocycles. The molecule has 0 aromatic heterocycles. The molecule has 100 valence electrons. The quantitative estimate of drug-likeness (QED) is 0.911. The van der Waals surface area contributed by atoms with Crippen molar-refractivity contribution in [2.24, 2.45) is 0 Å². The van der Waals surface area contributed by atoms with E-state index in [1.54, 1.807) is 6.08 Å². The van der Waals surface area contributed by atoms with Gasteiger partial charge >= 0.3 is 0 Å². The van der Waals surface area contributed by atoms with Crippen molar-refractivity contribution in [2.45, 2.75) is 12.0 Å². The molecule has 0 radical (unpaired) electrons. The van der Waals surface area contributed by atoms with Gasteiger partial charge in [-0.3, -0.25) is 4.79 Å². The summed E-state index contributed by atoms with van der Waals surface area (Å²) in [5, 5.41) is 3.41. The summed E-state index contributed by atoms with van der Waals surface area (Å²) >= 11 is 3.43. The van der Waals surface area contributed by atoms with Crippen molar-refractivity contribution in [3.8, 4) is 0 Å². The van der Waals surface area contributed by atoms with Crippen LogP contribution in [0.25, 0.3) is 0 Å². The van der Waals surface area contributed by atoms with Gasteiger partial charge in [0.1, 0.15) is 5.54 Å². The van der Waals surface area contributed by atoms with Crippen molar-refractivity contribution in [1.29, 1.82) is 0 Å². The normalized spacial score (nSPS) is 21.1. The highest BCUT2D eigenvalue weighted by Gasteiger charge is 2.40. The van der Waals surface area contributed by atoms with E-state index in [1.165, 1.54) is 0 Å². The molecule has 2 aromatic rings. The number of halogens is 1. The molecule has 0 saturated heterocycles. The van der Waals surface area contributed by atoms with E-state index >= 15 is 0 Å². The van der Waals surface area contributed by atoms with Crippen LogP contribution in [-0.2, 0) is 10.3 Å². The lowest BCUT2D eigenvalue weighted by Crippen LogP contribution is -2.39. The first kappa shape index (κ1) is 13.1. The van der Waals surface area contributed by atoms with Gasteiger partial charge in [-0.1, -0.05) is 52.3 Å². The lowest BCUT2D eigenvalue weighted by atomic mass is 9.86. The molecule has 0 saturated carbocycles. The van der Waals surface area contributed by atoms with Crippen LogP contribution in [0.5, 0.6) is 0 Å². The van der Waals surface area contributed by atoms with E-state index in [9.17, 15) is 4.79 Å². The zero-order chi connectivity index (χ0) is 14.0. The second kappa shape index (κ2) is 5.25. The molecule has 2 aromatic carbocycles. The Morgan fingerprint density at radius 2 is 1.70 bits per heavy atom. The number of anilines is 1. The van der Waals surface area contributed by atoms with E-state index in [4.69, 9.17) is 0 Å². The number of hydrogen-bond donors (Lipinski definition) is 1. The maximum atomic E-state index is 12.4. The standard InChI is InChI=1S/C17H14BrNO/c18-14-10-8-13(9-11-14)17(12-4-7-16(17)20)19-15-5-2-1-3-6-15/h1-11,19H,12H2. The first-order chi connectivity index (χ1) is 9.71. The molecule has 1 atom stereocenters. The fourth-order valence-electron chi connectivity index (χ4n) is 2.53. The predicted molar refractivity (Wildman–Crippen MR) is 84.6 cm³/mol. The van der Waals surface area contributed by atoms with Gasteiger partial charge in [-0.25, -0.2) is 0 Å². The number of carbonyl (C=O) groups is 1. The van der Waals surface area contributed by atoms with Crippen LogP contribution in [0.1, 0.15) is 12.0 Å². The molecule has 3 heteroatoms. The van der Waals surface area contributed by atoms with Gasteiger partial charge in [0.15, 0.2) is 5.78 Å². The second-order valence-corrected chi connectivity index (χ2v) is 5.79. The molecular weight excluding hydrogens is 314 g/mol. The van der Waals surface area contributed by atoms with Crippen molar-refractivity contribution in [3.05, 3.63) is 76.8 Å². The van der Waals surface area contributed by atoms with E-state index in [0.717, 1.165) is 15.7 Å². The van der Waals surface area contributed by atoms with Crippen molar-refractivity contribution in [3.63, 3.8) is 0 Å². The highest BCUT2D eigenvalue weighted by Crippen LogP contribution is 2.36. The Morgan fingerprint density at radius 3 is 2.30 bits per heavy atom. The minimum Gasteiger partial charge on any atom is -0.369 e. The smallest absolute Gasteiger partial charge is 0.185 e. The summed E-state index contributed by atoms with van der Waals surface area (Å²) in [6, 6.07) is 17.8. The average Bonchev–Trinajstić information content (AvgIpc) is 2.83. The van der Waals surface area contributed by atoms with Crippen LogP contribution < -0.4 is 5.32 Å². The fraction of sp³-hybridized carbons (Fsp3) is 0.118. The molecule has 0 bridgehead atoms. The highest BCUT2D eigenvalue weighted by atomic mass is 79.9. The average molecular weight is 328 g/mol. The zero-order valence-corrected chi connectivity index (χ0v) is 12.4. The molecule has 0 spiro atoms. The Kier molecular flexibility index (Phi) is 3.45. The number of para-hydroxylation sites is 1. The third-order valence-electron chi connectivity index (χ3n) is 3.58. The molecule has 1 aliphatic rings. The van der Waals surface area contributed by atoms with Crippen molar-refractivity contribution < 1.29 is 4.79 Å². The van der Waals surface area contributed by atoms with Crippen molar-refractivity contribution in [2.75, 3.05) is 5.32 Å². The Labute approximate surface area is 126 Å². The van der Waals surface area contributed by atoms with Crippen LogP contribution in [0.3, 0.4) is 0 Å². The van der Waals surface area contributed by atoms with Crippen molar-refractivity contribution >= 4 is 27.4 Å². The molecule has 3 rings (SSSR count). The van der Waals surface area contributed by atoms with Crippen LogP contribution in [-0.4, -0.2) is 5.78 Å². The lowest BCUT2D eigenvalue weighted by molar-refractivity contribution is -0.118. The highest BCUT2D eigenvalue weighted by molar-refractivity contribution is 9.10. The summed E-state index contributed by atoms with van der Waals surface area (Å²) in [5.41, 5.74) is 1.26. The summed E-state index contributed by atoms with van der Waals surface area (Å²) in [5.74, 6) is 0.101. The number of carbonyl (C=O) groups excluding carboxylic acids is 1. The number of rotatable bonds is 3. The van der Waals surface area contributed by atoms with Gasteiger partial charge in [0.2, 0.25) is 0 Å². The number of benzene rings is 2. The Hall–Kier alpha value is -1.87. The Bertz CT molecular complexity index is 648. The number of hydrogen-bond acceptors (Lipinski definition) is 2. The van der Waals surface area contributed by atoms with Crippen LogP contribution in [0.15, 0.2) is 71.2 Å². The van der Waals surface area contributed by atoms with Crippen LogP contribution in [0, 0.1) is 0 Å². The van der Waals surface area contributed by atoms with E-state index in [1.807, 2.05) is 60.7 Å². The molecule has 1 N–H and O–H groups in total. The molecule has 2 nitrogen and oxygen atoms in total. The summed E-state index contributed by atoms with van der Waals surface area (Å²) in [4.78, 5) is 12.4.